The van der Waals surface area contributed by atoms with Crippen LogP contribution in [0.2, 0.25) is 0 Å². The van der Waals surface area contributed by atoms with Crippen LogP contribution >= 0.6 is 0 Å². The fourth-order valence-electron chi connectivity index (χ4n) is 5.06. The van der Waals surface area contributed by atoms with Crippen molar-refractivity contribution in [2.45, 2.75) is 137 Å². The summed E-state index contributed by atoms with van der Waals surface area (Å²) in [6, 6.07) is -0.206. The van der Waals surface area contributed by atoms with Gasteiger partial charge in [-0.2, -0.15) is 0 Å². The van der Waals surface area contributed by atoms with Crippen molar-refractivity contribution in [2.24, 2.45) is 11.8 Å². The summed E-state index contributed by atoms with van der Waals surface area (Å²) in [5, 5.41) is 5.54. The van der Waals surface area contributed by atoms with Crippen LogP contribution in [0, 0.1) is 11.8 Å². The van der Waals surface area contributed by atoms with Gasteiger partial charge in [0.25, 0.3) is 0 Å². The average Bonchev–Trinajstić information content (AvgIpc) is 3.70. The van der Waals surface area contributed by atoms with Gasteiger partial charge in [-0.05, 0) is 65.2 Å². The Morgan fingerprint density at radius 3 is 1.57 bits per heavy atom. The molecule has 2 aliphatic heterocycles. The molecule has 44 heavy (non-hydrogen) atoms. The number of Topliss-reactive ketones (excluding diaryl/α,β-unsaturated/α-hetero) is 1. The van der Waals surface area contributed by atoms with Gasteiger partial charge in [0.15, 0.2) is 5.78 Å². The third kappa shape index (κ3) is 19.5. The predicted molar refractivity (Wildman–Crippen MR) is 175 cm³/mol. The summed E-state index contributed by atoms with van der Waals surface area (Å²) in [5.74, 6) is 0.955. The van der Waals surface area contributed by atoms with Crippen LogP contribution in [0.3, 0.4) is 0 Å². The Hall–Kier alpha value is -2.78. The van der Waals surface area contributed by atoms with Crippen molar-refractivity contribution in [1.29, 1.82) is 0 Å². The van der Waals surface area contributed by atoms with Crippen LogP contribution in [0.15, 0.2) is 0 Å². The van der Waals surface area contributed by atoms with Gasteiger partial charge in [0.05, 0.1) is 6.04 Å². The first-order chi connectivity index (χ1) is 21.0. The number of nitrogens with zero attached hydrogens (tertiary/aromatic N) is 2. The number of nitrogens with one attached hydrogen (secondary N) is 2. The highest BCUT2D eigenvalue weighted by atomic mass is 16.2. The molecule has 1 atom stereocenters. The summed E-state index contributed by atoms with van der Waals surface area (Å²) in [5.41, 5.74) is 0. The van der Waals surface area contributed by atoms with E-state index in [1.807, 2.05) is 46.4 Å². The lowest BCUT2D eigenvalue weighted by atomic mass is 9.99. The zero-order valence-electron chi connectivity index (χ0n) is 28.6. The second-order valence-electron chi connectivity index (χ2n) is 12.3. The van der Waals surface area contributed by atoms with Gasteiger partial charge in [-0.1, -0.05) is 40.5 Å². The lowest BCUT2D eigenvalue weighted by Crippen LogP contribution is -2.42. The number of hydrogen-bond donors (Lipinski definition) is 2. The molecule has 2 fully saturated rings. The molecule has 0 spiro atoms. The van der Waals surface area contributed by atoms with Gasteiger partial charge >= 0.3 is 0 Å². The van der Waals surface area contributed by atoms with E-state index in [0.29, 0.717) is 51.2 Å². The molecule has 10 heteroatoms. The third-order valence-corrected chi connectivity index (χ3v) is 7.54. The van der Waals surface area contributed by atoms with E-state index in [4.69, 9.17) is 0 Å². The maximum Gasteiger partial charge on any atom is 0.223 e. The number of unbranched alkanes of at least 4 members (excludes halogenated alkanes) is 4. The molecule has 0 aromatic heterocycles. The summed E-state index contributed by atoms with van der Waals surface area (Å²) in [6.45, 7) is 15.3. The summed E-state index contributed by atoms with van der Waals surface area (Å²) < 4.78 is 0. The monoisotopic (exact) mass is 622 g/mol. The van der Waals surface area contributed by atoms with Crippen LogP contribution in [0.25, 0.3) is 0 Å². The summed E-state index contributed by atoms with van der Waals surface area (Å²) in [4.78, 5) is 71.8. The number of carbonyl (C=O) groups is 6. The molecule has 0 saturated carbocycles. The first kappa shape index (κ1) is 41.2. The third-order valence-electron chi connectivity index (χ3n) is 7.54. The molecule has 0 aromatic carbocycles. The minimum atomic E-state index is -0.206. The highest BCUT2D eigenvalue weighted by Crippen LogP contribution is 2.22. The lowest BCUT2D eigenvalue weighted by Gasteiger charge is -2.25. The van der Waals surface area contributed by atoms with E-state index in [1.165, 1.54) is 0 Å². The van der Waals surface area contributed by atoms with Crippen LogP contribution in [-0.2, 0) is 28.8 Å². The van der Waals surface area contributed by atoms with Gasteiger partial charge in [0.1, 0.15) is 6.29 Å². The second kappa shape index (κ2) is 25.5. The molecule has 4 amide bonds. The highest BCUT2D eigenvalue weighted by Gasteiger charge is 2.34. The van der Waals surface area contributed by atoms with Crippen LogP contribution in [0.5, 0.6) is 0 Å². The number of hydrogen-bond acceptors (Lipinski definition) is 6. The molecule has 2 saturated heterocycles. The van der Waals surface area contributed by atoms with Gasteiger partial charge in [0.2, 0.25) is 23.6 Å². The number of amides is 4. The van der Waals surface area contributed by atoms with E-state index in [-0.39, 0.29) is 41.4 Å². The second-order valence-corrected chi connectivity index (χ2v) is 12.3. The van der Waals surface area contributed by atoms with Crippen LogP contribution in [-0.4, -0.2) is 84.3 Å². The Morgan fingerprint density at radius 1 is 0.682 bits per heavy atom. The molecule has 2 heterocycles. The Kier molecular flexibility index (Phi) is 23.9. The normalized spacial score (nSPS) is 15.7. The van der Waals surface area contributed by atoms with E-state index in [9.17, 15) is 28.8 Å². The molecule has 254 valence electrons. The smallest absolute Gasteiger partial charge is 0.223 e. The van der Waals surface area contributed by atoms with Crippen molar-refractivity contribution in [1.82, 2.24) is 20.4 Å². The molecule has 0 aromatic rings. The predicted octanol–water partition coefficient (Wildman–Crippen LogP) is 4.83. The molecule has 0 radical (unpaired) electrons. The molecule has 2 N–H and O–H groups in total. The van der Waals surface area contributed by atoms with Crippen molar-refractivity contribution < 1.29 is 28.8 Å². The first-order valence-corrected chi connectivity index (χ1v) is 17.1. The summed E-state index contributed by atoms with van der Waals surface area (Å²) in [7, 11) is 0. The van der Waals surface area contributed by atoms with Gasteiger partial charge in [-0.15, -0.1) is 0 Å². The fraction of sp³-hybridized carbons (Fsp3) is 0.824. The minimum absolute atomic E-state index is 0.0181. The largest absolute Gasteiger partial charge is 0.356 e. The zero-order chi connectivity index (χ0) is 33.3. The van der Waals surface area contributed by atoms with E-state index in [0.717, 1.165) is 83.6 Å². The van der Waals surface area contributed by atoms with Gasteiger partial charge in [-0.25, -0.2) is 0 Å². The molecule has 0 bridgehead atoms. The molecular weight excluding hydrogens is 560 g/mol. The van der Waals surface area contributed by atoms with Crippen molar-refractivity contribution in [3.63, 3.8) is 0 Å². The molecular formula is C34H62N4O6. The number of rotatable bonds is 17. The van der Waals surface area contributed by atoms with E-state index < -0.39 is 0 Å². The van der Waals surface area contributed by atoms with Crippen LogP contribution in [0.4, 0.5) is 0 Å². The van der Waals surface area contributed by atoms with Crippen molar-refractivity contribution in [2.75, 3.05) is 32.7 Å². The maximum absolute atomic E-state index is 12.3. The lowest BCUT2D eigenvalue weighted by molar-refractivity contribution is -0.138. The van der Waals surface area contributed by atoms with Gasteiger partial charge in [0, 0.05) is 70.2 Å². The topological polar surface area (TPSA) is 133 Å². The van der Waals surface area contributed by atoms with Crippen molar-refractivity contribution >= 4 is 35.7 Å². The van der Waals surface area contributed by atoms with E-state index >= 15 is 0 Å². The molecule has 10 nitrogen and oxygen atoms in total. The van der Waals surface area contributed by atoms with Gasteiger partial charge < -0.3 is 25.2 Å². The van der Waals surface area contributed by atoms with Crippen molar-refractivity contribution in [3.05, 3.63) is 0 Å². The summed E-state index contributed by atoms with van der Waals surface area (Å²) >= 11 is 0. The van der Waals surface area contributed by atoms with Crippen molar-refractivity contribution in [3.8, 4) is 0 Å². The fourth-order valence-corrected chi connectivity index (χ4v) is 5.06. The standard InChI is InChI=1S/C17H30N2O3.C13H24N2O2.C4H8O/c1-4-18-15(20)10-6-5-7-11-16(21)19-12-8-9-14(19)17(22)13(2)3;1-2-14-12(16)8-4-3-5-9-13(17)15-10-6-7-11-15;1-4(2)3-5/h13-14H,4-12H2,1-3H3,(H,18,20);2-11H2,1H3,(H,14,16);3-4H,1-2H3. The van der Waals surface area contributed by atoms with E-state index in [2.05, 4.69) is 10.6 Å². The Labute approximate surface area is 266 Å². The first-order valence-electron chi connectivity index (χ1n) is 17.1. The summed E-state index contributed by atoms with van der Waals surface area (Å²) in [6.07, 6.45) is 12.4. The van der Waals surface area contributed by atoms with Gasteiger partial charge in [-0.3, -0.25) is 24.0 Å². The molecule has 0 aliphatic carbocycles. The minimum Gasteiger partial charge on any atom is -0.356 e. The Bertz CT molecular complexity index is 855. The van der Waals surface area contributed by atoms with Crippen LogP contribution < -0.4 is 10.6 Å². The Morgan fingerprint density at radius 2 is 1.14 bits per heavy atom. The maximum atomic E-state index is 12.3. The van der Waals surface area contributed by atoms with Crippen LogP contribution in [0.1, 0.15) is 131 Å². The van der Waals surface area contributed by atoms with E-state index in [1.54, 1.807) is 4.90 Å². The molecule has 1 unspecified atom stereocenters. The zero-order valence-corrected chi connectivity index (χ0v) is 28.6. The highest BCUT2D eigenvalue weighted by molar-refractivity contribution is 5.90. The number of aldehydes is 1. The molecule has 2 rings (SSSR count). The number of ketones is 1. The average molecular weight is 623 g/mol. The number of likely N-dealkylation sites (tertiary alicyclic amines) is 2. The molecule has 2 aliphatic rings. The SMILES string of the molecule is CC(C)C=O.CCNC(=O)CCCCCC(=O)N1CCCC1.CCNC(=O)CCCCCC(=O)N1CCCC1C(=O)C(C)C. The quantitative estimate of drug-likeness (QED) is 0.176. The Balaban J connectivity index is 0.000000745. The number of carbonyl (C=O) groups excluding carboxylic acids is 6.